The Morgan fingerprint density at radius 1 is 1.18 bits per heavy atom. The van der Waals surface area contributed by atoms with Crippen molar-refractivity contribution < 1.29 is 14.3 Å². The number of allylic oxidation sites excluding steroid dienone is 1. The molecule has 3 atom stereocenters. The van der Waals surface area contributed by atoms with Gasteiger partial charge in [-0.2, -0.15) is 0 Å². The molecule has 33 heavy (non-hydrogen) atoms. The van der Waals surface area contributed by atoms with Crippen LogP contribution in [0.5, 0.6) is 5.75 Å². The number of benzene rings is 1. The van der Waals surface area contributed by atoms with Crippen LogP contribution < -0.4 is 4.74 Å². The minimum absolute atomic E-state index is 0.144. The molecule has 1 aromatic heterocycles. The highest BCUT2D eigenvalue weighted by Crippen LogP contribution is 2.40. The Bertz CT molecular complexity index is 1060. The van der Waals surface area contributed by atoms with Gasteiger partial charge in [0.2, 0.25) is 0 Å². The number of ether oxygens (including phenoxy) is 2. The van der Waals surface area contributed by atoms with E-state index in [-0.39, 0.29) is 24.1 Å². The van der Waals surface area contributed by atoms with E-state index in [0.717, 1.165) is 36.9 Å². The number of rotatable bonds is 6. The summed E-state index contributed by atoms with van der Waals surface area (Å²) in [6.45, 7) is 5.02. The van der Waals surface area contributed by atoms with Crippen molar-refractivity contribution in [3.05, 3.63) is 70.6 Å². The highest BCUT2D eigenvalue weighted by Gasteiger charge is 2.38. The molecule has 0 radical (unpaired) electrons. The number of nitrogens with zero attached hydrogens (tertiary/aromatic N) is 3. The summed E-state index contributed by atoms with van der Waals surface area (Å²) < 4.78 is 10.6. The smallest absolute Gasteiger partial charge is 0.337 e. The third kappa shape index (κ3) is 4.86. The van der Waals surface area contributed by atoms with Gasteiger partial charge in [0, 0.05) is 37.0 Å². The maximum atomic E-state index is 12.0. The monoisotopic (exact) mass is 447 g/mol. The Morgan fingerprint density at radius 2 is 2.03 bits per heavy atom. The summed E-state index contributed by atoms with van der Waals surface area (Å²) in [6, 6.07) is 10.3. The molecule has 1 fully saturated rings. The van der Waals surface area contributed by atoms with Crippen LogP contribution in [-0.2, 0) is 11.3 Å². The number of carbonyl (C=O) groups excluding carboxylic acids is 1. The standard InChI is InChI=1S/C27H33N3O3/c1-18-8-6-14-28-25(18)22-10-5-11-23(26-19(2)9-7-15-29-26)30(22)17-21-13-12-20(27(31)33-4)16-24(21)32-3/h6,8-9,12-16,22-23,26H,5,7,10-11,17H2,1-4H3. The summed E-state index contributed by atoms with van der Waals surface area (Å²) in [5.74, 6) is 0.327. The molecule has 6 nitrogen and oxygen atoms in total. The van der Waals surface area contributed by atoms with Gasteiger partial charge >= 0.3 is 5.97 Å². The minimum atomic E-state index is -0.366. The van der Waals surface area contributed by atoms with Crippen LogP contribution in [0.25, 0.3) is 0 Å². The molecule has 3 heterocycles. The summed E-state index contributed by atoms with van der Waals surface area (Å²) in [6.07, 6.45) is 10.4. The molecule has 2 aliphatic heterocycles. The van der Waals surface area contributed by atoms with Crippen LogP contribution in [0.4, 0.5) is 0 Å². The lowest BCUT2D eigenvalue weighted by atomic mass is 9.85. The number of piperidine rings is 1. The highest BCUT2D eigenvalue weighted by atomic mass is 16.5. The lowest BCUT2D eigenvalue weighted by Gasteiger charge is -2.45. The van der Waals surface area contributed by atoms with E-state index in [1.165, 1.54) is 18.2 Å². The number of carbonyl (C=O) groups is 1. The van der Waals surface area contributed by atoms with E-state index >= 15 is 0 Å². The van der Waals surface area contributed by atoms with Crippen molar-refractivity contribution in [2.45, 2.75) is 64.2 Å². The van der Waals surface area contributed by atoms with Gasteiger partial charge < -0.3 is 9.47 Å². The first-order chi connectivity index (χ1) is 16.0. The van der Waals surface area contributed by atoms with Crippen molar-refractivity contribution >= 4 is 12.2 Å². The second kappa shape index (κ2) is 10.3. The largest absolute Gasteiger partial charge is 0.496 e. The van der Waals surface area contributed by atoms with Crippen LogP contribution in [0.15, 0.2) is 53.2 Å². The van der Waals surface area contributed by atoms with Crippen LogP contribution >= 0.6 is 0 Å². The molecule has 0 N–H and O–H groups in total. The number of likely N-dealkylation sites (tertiary alicyclic amines) is 1. The molecule has 4 rings (SSSR count). The Balaban J connectivity index is 1.74. The van der Waals surface area contributed by atoms with Crippen LogP contribution in [0, 0.1) is 6.92 Å². The van der Waals surface area contributed by atoms with E-state index in [2.05, 4.69) is 30.9 Å². The van der Waals surface area contributed by atoms with E-state index < -0.39 is 0 Å². The summed E-state index contributed by atoms with van der Waals surface area (Å²) in [5, 5.41) is 0. The highest BCUT2D eigenvalue weighted by molar-refractivity contribution is 5.89. The van der Waals surface area contributed by atoms with Gasteiger partial charge in [0.1, 0.15) is 5.75 Å². The summed E-state index contributed by atoms with van der Waals surface area (Å²) >= 11 is 0. The molecule has 0 saturated carbocycles. The van der Waals surface area contributed by atoms with Gasteiger partial charge in [-0.3, -0.25) is 14.9 Å². The predicted molar refractivity (Wildman–Crippen MR) is 130 cm³/mol. The second-order valence-electron chi connectivity index (χ2n) is 8.87. The number of dihydropyridines is 1. The molecule has 0 spiro atoms. The van der Waals surface area contributed by atoms with Crippen molar-refractivity contribution in [3.8, 4) is 5.75 Å². The van der Waals surface area contributed by atoms with Crippen LogP contribution in [0.3, 0.4) is 0 Å². The average molecular weight is 448 g/mol. The third-order valence-corrected chi connectivity index (χ3v) is 6.87. The zero-order valence-corrected chi connectivity index (χ0v) is 20.0. The first-order valence-electron chi connectivity index (χ1n) is 11.6. The maximum absolute atomic E-state index is 12.0. The van der Waals surface area contributed by atoms with Gasteiger partial charge in [-0.25, -0.2) is 4.79 Å². The van der Waals surface area contributed by atoms with Crippen LogP contribution in [0.2, 0.25) is 0 Å². The number of aryl methyl sites for hydroxylation is 1. The van der Waals surface area contributed by atoms with Crippen LogP contribution in [-0.4, -0.2) is 48.4 Å². The van der Waals surface area contributed by atoms with E-state index in [1.54, 1.807) is 13.2 Å². The fourth-order valence-corrected chi connectivity index (χ4v) is 5.16. The third-order valence-electron chi connectivity index (χ3n) is 6.87. The topological polar surface area (TPSA) is 64.0 Å². The minimum Gasteiger partial charge on any atom is -0.496 e. The number of aliphatic imine (C=N–C) groups is 1. The Labute approximate surface area is 196 Å². The van der Waals surface area contributed by atoms with Gasteiger partial charge in [-0.1, -0.05) is 23.8 Å². The van der Waals surface area contributed by atoms with Crippen molar-refractivity contribution in [1.82, 2.24) is 9.88 Å². The molecule has 1 saturated heterocycles. The zero-order chi connectivity index (χ0) is 23.4. The van der Waals surface area contributed by atoms with Gasteiger partial charge in [0.15, 0.2) is 0 Å². The molecule has 6 heteroatoms. The normalized spacial score (nSPS) is 23.2. The molecular weight excluding hydrogens is 414 g/mol. The lowest BCUT2D eigenvalue weighted by molar-refractivity contribution is 0.0596. The first-order valence-corrected chi connectivity index (χ1v) is 11.6. The van der Waals surface area contributed by atoms with Gasteiger partial charge in [-0.15, -0.1) is 0 Å². The Morgan fingerprint density at radius 3 is 2.76 bits per heavy atom. The second-order valence-corrected chi connectivity index (χ2v) is 8.87. The molecular formula is C27H33N3O3. The molecule has 1 aromatic carbocycles. The fraction of sp³-hybridized carbons (Fsp3) is 0.444. The number of aromatic nitrogens is 1. The van der Waals surface area contributed by atoms with Gasteiger partial charge in [0.05, 0.1) is 37.6 Å². The first kappa shape index (κ1) is 23.2. The van der Waals surface area contributed by atoms with Gasteiger partial charge in [-0.05, 0) is 56.9 Å². The SMILES string of the molecule is COC(=O)c1ccc(CN2C(c3ncccc3C)CCCC2C2N=CCC=C2C)c(OC)c1. The Hall–Kier alpha value is -2.99. The number of hydrogen-bond acceptors (Lipinski definition) is 6. The maximum Gasteiger partial charge on any atom is 0.337 e. The van der Waals surface area contributed by atoms with Gasteiger partial charge in [0.25, 0.3) is 0 Å². The molecule has 2 aliphatic rings. The molecule has 3 unspecified atom stereocenters. The fourth-order valence-electron chi connectivity index (χ4n) is 5.16. The molecule has 0 bridgehead atoms. The molecule has 174 valence electrons. The van der Waals surface area contributed by atoms with Crippen molar-refractivity contribution in [2.24, 2.45) is 4.99 Å². The van der Waals surface area contributed by atoms with Crippen molar-refractivity contribution in [3.63, 3.8) is 0 Å². The zero-order valence-electron chi connectivity index (χ0n) is 20.0. The predicted octanol–water partition coefficient (Wildman–Crippen LogP) is 5.07. The summed E-state index contributed by atoms with van der Waals surface area (Å²) in [5.41, 5.74) is 5.20. The van der Waals surface area contributed by atoms with E-state index in [4.69, 9.17) is 19.5 Å². The number of esters is 1. The number of hydrogen-bond donors (Lipinski definition) is 0. The van der Waals surface area contributed by atoms with E-state index in [9.17, 15) is 4.79 Å². The van der Waals surface area contributed by atoms with Crippen molar-refractivity contribution in [1.29, 1.82) is 0 Å². The molecule has 0 aliphatic carbocycles. The number of methoxy groups -OCH3 is 2. The van der Waals surface area contributed by atoms with Crippen molar-refractivity contribution in [2.75, 3.05) is 14.2 Å². The molecule has 0 amide bonds. The summed E-state index contributed by atoms with van der Waals surface area (Å²) in [7, 11) is 3.04. The molecule has 2 aromatic rings. The quantitative estimate of drug-likeness (QED) is 0.457. The van der Waals surface area contributed by atoms with E-state index in [1.807, 2.05) is 30.6 Å². The van der Waals surface area contributed by atoms with E-state index in [0.29, 0.717) is 17.9 Å². The summed E-state index contributed by atoms with van der Waals surface area (Å²) in [4.78, 5) is 24.3. The average Bonchev–Trinajstić information content (AvgIpc) is 2.85. The number of pyridine rings is 1. The Kier molecular flexibility index (Phi) is 7.23. The van der Waals surface area contributed by atoms with Crippen LogP contribution in [0.1, 0.15) is 65.8 Å². The lowest BCUT2D eigenvalue weighted by Crippen LogP contribution is -2.48.